The van der Waals surface area contributed by atoms with Gasteiger partial charge in [0, 0.05) is 20.1 Å². The molecule has 0 aliphatic rings. The lowest BCUT2D eigenvalue weighted by atomic mass is 10.4. The van der Waals surface area contributed by atoms with Gasteiger partial charge >= 0.3 is 6.01 Å². The molecule has 0 amide bonds. The third-order valence-corrected chi connectivity index (χ3v) is 2.85. The van der Waals surface area contributed by atoms with E-state index in [1.54, 1.807) is 0 Å². The zero-order chi connectivity index (χ0) is 15.7. The highest BCUT2D eigenvalue weighted by Crippen LogP contribution is 2.14. The fourth-order valence-electron chi connectivity index (χ4n) is 1.75. The van der Waals surface area contributed by atoms with Crippen LogP contribution in [0.25, 0.3) is 0 Å². The number of nitrogens with zero attached hydrogens (tertiary/aromatic N) is 5. The summed E-state index contributed by atoms with van der Waals surface area (Å²) in [6.45, 7) is 7.32. The van der Waals surface area contributed by atoms with Gasteiger partial charge in [-0.05, 0) is 40.4 Å². The second kappa shape index (κ2) is 9.33. The van der Waals surface area contributed by atoms with Crippen molar-refractivity contribution >= 4 is 11.9 Å². The molecule has 0 saturated heterocycles. The molecule has 21 heavy (non-hydrogen) atoms. The van der Waals surface area contributed by atoms with Gasteiger partial charge in [0.25, 0.3) is 0 Å². The number of nitrogens with one attached hydrogen (secondary N) is 1. The molecule has 1 rings (SSSR count). The predicted molar refractivity (Wildman–Crippen MR) is 86.2 cm³/mol. The molecule has 1 aromatic rings. The Hall–Kier alpha value is -1.63. The second-order valence-electron chi connectivity index (χ2n) is 5.18. The van der Waals surface area contributed by atoms with Gasteiger partial charge in [-0.15, -0.1) is 0 Å². The number of hydrogen-bond donors (Lipinski definition) is 1. The zero-order valence-electron chi connectivity index (χ0n) is 13.9. The lowest BCUT2D eigenvalue weighted by Gasteiger charge is -2.19. The molecule has 0 saturated carbocycles. The monoisotopic (exact) mass is 296 g/mol. The highest BCUT2D eigenvalue weighted by Gasteiger charge is 2.11. The Morgan fingerprint density at radius 2 is 1.81 bits per heavy atom. The van der Waals surface area contributed by atoms with Crippen molar-refractivity contribution in [3.63, 3.8) is 0 Å². The van der Waals surface area contributed by atoms with Gasteiger partial charge < -0.3 is 19.9 Å². The van der Waals surface area contributed by atoms with Gasteiger partial charge in [-0.1, -0.05) is 6.92 Å². The summed E-state index contributed by atoms with van der Waals surface area (Å²) in [7, 11) is 6.14. The summed E-state index contributed by atoms with van der Waals surface area (Å²) >= 11 is 0. The van der Waals surface area contributed by atoms with Crippen LogP contribution in [0.5, 0.6) is 6.01 Å². The molecule has 1 heterocycles. The van der Waals surface area contributed by atoms with Crippen LogP contribution in [0.1, 0.15) is 26.7 Å². The maximum absolute atomic E-state index is 5.42. The van der Waals surface area contributed by atoms with Crippen molar-refractivity contribution in [1.29, 1.82) is 0 Å². The molecule has 0 aromatic carbocycles. The predicted octanol–water partition coefficient (Wildman–Crippen LogP) is 1.48. The minimum absolute atomic E-state index is 0.376. The topological polar surface area (TPSA) is 66.4 Å². The van der Waals surface area contributed by atoms with Crippen LogP contribution in [-0.2, 0) is 0 Å². The fraction of sp³-hybridized carbons (Fsp3) is 0.786. The van der Waals surface area contributed by atoms with Gasteiger partial charge in [0.15, 0.2) is 0 Å². The van der Waals surface area contributed by atoms with Gasteiger partial charge in [0.1, 0.15) is 0 Å². The Labute approximate surface area is 127 Å². The minimum atomic E-state index is 0.376. The summed E-state index contributed by atoms with van der Waals surface area (Å²) in [6.07, 6.45) is 2.07. The smallest absolute Gasteiger partial charge is 0.323 e. The maximum atomic E-state index is 5.42. The number of hydrogen-bond acceptors (Lipinski definition) is 7. The van der Waals surface area contributed by atoms with Crippen LogP contribution in [-0.4, -0.2) is 67.2 Å². The molecule has 0 spiro atoms. The Kier molecular flexibility index (Phi) is 7.74. The lowest BCUT2D eigenvalue weighted by Crippen LogP contribution is -2.25. The quantitative estimate of drug-likeness (QED) is 0.701. The molecular weight excluding hydrogens is 268 g/mol. The maximum Gasteiger partial charge on any atom is 0.323 e. The highest BCUT2D eigenvalue weighted by molar-refractivity contribution is 5.37. The first-order chi connectivity index (χ1) is 10.1. The first-order valence-electron chi connectivity index (χ1n) is 7.55. The van der Waals surface area contributed by atoms with Crippen molar-refractivity contribution in [3.8, 4) is 6.01 Å². The summed E-state index contributed by atoms with van der Waals surface area (Å²) in [6, 6.07) is 0.376. The van der Waals surface area contributed by atoms with Crippen LogP contribution in [0.3, 0.4) is 0 Å². The highest BCUT2D eigenvalue weighted by atomic mass is 16.5. The van der Waals surface area contributed by atoms with E-state index in [9.17, 15) is 0 Å². The van der Waals surface area contributed by atoms with Gasteiger partial charge in [-0.3, -0.25) is 0 Å². The Morgan fingerprint density at radius 1 is 1.05 bits per heavy atom. The van der Waals surface area contributed by atoms with Crippen molar-refractivity contribution in [2.75, 3.05) is 57.6 Å². The average molecular weight is 296 g/mol. The van der Waals surface area contributed by atoms with Crippen molar-refractivity contribution in [2.45, 2.75) is 26.7 Å². The molecule has 0 unspecified atom stereocenters. The van der Waals surface area contributed by atoms with E-state index in [1.165, 1.54) is 0 Å². The third kappa shape index (κ3) is 6.57. The summed E-state index contributed by atoms with van der Waals surface area (Å²) in [5.74, 6) is 1.22. The molecule has 0 aliphatic heterocycles. The van der Waals surface area contributed by atoms with E-state index in [2.05, 4.69) is 46.2 Å². The normalized spacial score (nSPS) is 10.8. The van der Waals surface area contributed by atoms with Gasteiger partial charge in [-0.25, -0.2) is 0 Å². The van der Waals surface area contributed by atoms with E-state index in [4.69, 9.17) is 4.74 Å². The molecule has 0 fully saturated rings. The SMILES string of the molecule is CCCNc1nc(OCC)nc(N(C)CCCN(C)C)n1. The van der Waals surface area contributed by atoms with Gasteiger partial charge in [-0.2, -0.15) is 15.0 Å². The number of rotatable bonds is 10. The molecule has 120 valence electrons. The van der Waals surface area contributed by atoms with Gasteiger partial charge in [0.05, 0.1) is 6.61 Å². The number of anilines is 2. The van der Waals surface area contributed by atoms with Crippen LogP contribution in [0.15, 0.2) is 0 Å². The second-order valence-corrected chi connectivity index (χ2v) is 5.18. The van der Waals surface area contributed by atoms with Crippen molar-refractivity contribution in [3.05, 3.63) is 0 Å². The molecule has 0 radical (unpaired) electrons. The van der Waals surface area contributed by atoms with Crippen LogP contribution in [0.4, 0.5) is 11.9 Å². The van der Waals surface area contributed by atoms with Crippen LogP contribution in [0.2, 0.25) is 0 Å². The largest absolute Gasteiger partial charge is 0.464 e. The van der Waals surface area contributed by atoms with E-state index in [0.717, 1.165) is 32.5 Å². The minimum Gasteiger partial charge on any atom is -0.464 e. The molecule has 1 N–H and O–H groups in total. The number of ether oxygens (including phenoxy) is 1. The Morgan fingerprint density at radius 3 is 2.43 bits per heavy atom. The standard InChI is InChI=1S/C14H28N6O/c1-6-9-15-12-16-13(18-14(17-12)21-7-2)20(5)11-8-10-19(3)4/h6-11H2,1-5H3,(H,15,16,17,18). The van der Waals surface area contributed by atoms with Crippen LogP contribution in [0, 0.1) is 0 Å². The molecule has 7 nitrogen and oxygen atoms in total. The van der Waals surface area contributed by atoms with E-state index in [1.807, 2.05) is 18.9 Å². The van der Waals surface area contributed by atoms with Crippen molar-refractivity contribution < 1.29 is 4.74 Å². The van der Waals surface area contributed by atoms with E-state index in [0.29, 0.717) is 24.5 Å². The first kappa shape index (κ1) is 17.4. The number of aromatic nitrogens is 3. The summed E-state index contributed by atoms with van der Waals surface area (Å²) in [5, 5.41) is 3.19. The third-order valence-electron chi connectivity index (χ3n) is 2.85. The van der Waals surface area contributed by atoms with Crippen LogP contribution >= 0.6 is 0 Å². The van der Waals surface area contributed by atoms with Crippen LogP contribution < -0.4 is 15.0 Å². The van der Waals surface area contributed by atoms with E-state index >= 15 is 0 Å². The Bertz CT molecular complexity index is 412. The first-order valence-corrected chi connectivity index (χ1v) is 7.55. The fourth-order valence-corrected chi connectivity index (χ4v) is 1.75. The molecule has 7 heteroatoms. The van der Waals surface area contributed by atoms with Crippen molar-refractivity contribution in [1.82, 2.24) is 19.9 Å². The lowest BCUT2D eigenvalue weighted by molar-refractivity contribution is 0.312. The summed E-state index contributed by atoms with van der Waals surface area (Å²) in [5.41, 5.74) is 0. The summed E-state index contributed by atoms with van der Waals surface area (Å²) in [4.78, 5) is 17.3. The van der Waals surface area contributed by atoms with E-state index in [-0.39, 0.29) is 0 Å². The molecular formula is C14H28N6O. The summed E-state index contributed by atoms with van der Waals surface area (Å²) < 4.78 is 5.42. The molecule has 0 bridgehead atoms. The molecule has 1 aromatic heterocycles. The molecule has 0 aliphatic carbocycles. The average Bonchev–Trinajstić information content (AvgIpc) is 2.44. The Balaban J connectivity index is 2.75. The van der Waals surface area contributed by atoms with Crippen molar-refractivity contribution in [2.24, 2.45) is 0 Å². The van der Waals surface area contributed by atoms with Gasteiger partial charge in [0.2, 0.25) is 11.9 Å². The van der Waals surface area contributed by atoms with E-state index < -0.39 is 0 Å². The molecule has 0 atom stereocenters. The zero-order valence-corrected chi connectivity index (χ0v) is 13.9.